The highest BCUT2D eigenvalue weighted by atomic mass is 28.3. The molecule has 0 bridgehead atoms. The molecule has 1 N–H and O–H groups in total. The molecule has 0 aliphatic rings. The van der Waals surface area contributed by atoms with E-state index in [1.54, 1.807) is 0 Å². The minimum atomic E-state index is -0.678. The Morgan fingerprint density at radius 2 is 2.25 bits per heavy atom. The molecule has 1 atom stereocenters. The molecule has 0 aromatic carbocycles. The SMILES string of the molecule is C=C[SiH](CC)NCC. The van der Waals surface area contributed by atoms with Gasteiger partial charge in [-0.3, -0.25) is 0 Å². The van der Waals surface area contributed by atoms with E-state index in [0.717, 1.165) is 6.54 Å². The summed E-state index contributed by atoms with van der Waals surface area (Å²) in [6, 6.07) is 1.28. The van der Waals surface area contributed by atoms with Crippen molar-refractivity contribution in [2.75, 3.05) is 6.54 Å². The van der Waals surface area contributed by atoms with Gasteiger partial charge in [0.05, 0.1) is 0 Å². The van der Waals surface area contributed by atoms with Crippen molar-refractivity contribution in [1.82, 2.24) is 4.98 Å². The predicted molar refractivity (Wildman–Crippen MR) is 41.5 cm³/mol. The van der Waals surface area contributed by atoms with Gasteiger partial charge in [-0.25, -0.2) is 0 Å². The zero-order chi connectivity index (χ0) is 6.41. The van der Waals surface area contributed by atoms with Crippen molar-refractivity contribution in [1.29, 1.82) is 0 Å². The standard InChI is InChI=1S/C6H15NSi/c1-4-7-8(5-2)6-3/h5,7-8H,2,4,6H2,1,3H3. The van der Waals surface area contributed by atoms with Crippen LogP contribution in [0.15, 0.2) is 12.3 Å². The summed E-state index contributed by atoms with van der Waals surface area (Å²) >= 11 is 0. The molecule has 0 aromatic rings. The molecule has 0 radical (unpaired) electrons. The van der Waals surface area contributed by atoms with Gasteiger partial charge in [0.15, 0.2) is 0 Å². The van der Waals surface area contributed by atoms with Gasteiger partial charge in [0.1, 0.15) is 8.96 Å². The summed E-state index contributed by atoms with van der Waals surface area (Å²) in [6.07, 6.45) is 0. The second-order valence-corrected chi connectivity index (χ2v) is 4.72. The van der Waals surface area contributed by atoms with E-state index in [4.69, 9.17) is 0 Å². The Kier molecular flexibility index (Phi) is 5.01. The molecule has 0 fully saturated rings. The third-order valence-corrected chi connectivity index (χ3v) is 3.57. The van der Waals surface area contributed by atoms with Gasteiger partial charge in [-0.05, 0) is 12.6 Å². The van der Waals surface area contributed by atoms with Crippen molar-refractivity contribution in [3.8, 4) is 0 Å². The van der Waals surface area contributed by atoms with Crippen LogP contribution in [0.3, 0.4) is 0 Å². The van der Waals surface area contributed by atoms with Crippen LogP contribution in [0, 0.1) is 0 Å². The van der Waals surface area contributed by atoms with Crippen LogP contribution in [0.2, 0.25) is 6.04 Å². The minimum absolute atomic E-state index is 0.678. The van der Waals surface area contributed by atoms with Gasteiger partial charge in [0.25, 0.3) is 0 Å². The van der Waals surface area contributed by atoms with Crippen LogP contribution in [0.25, 0.3) is 0 Å². The highest BCUT2D eigenvalue weighted by Gasteiger charge is 1.96. The lowest BCUT2D eigenvalue weighted by atomic mass is 10.8. The lowest BCUT2D eigenvalue weighted by Gasteiger charge is -2.05. The normalized spacial score (nSPS) is 13.2. The van der Waals surface area contributed by atoms with Crippen molar-refractivity contribution in [3.63, 3.8) is 0 Å². The zero-order valence-electron chi connectivity index (χ0n) is 5.78. The fourth-order valence-electron chi connectivity index (χ4n) is 0.657. The maximum atomic E-state index is 3.75. The van der Waals surface area contributed by atoms with E-state index < -0.39 is 8.96 Å². The molecule has 0 aliphatic carbocycles. The summed E-state index contributed by atoms with van der Waals surface area (Å²) in [4.78, 5) is 3.40. The number of nitrogens with one attached hydrogen (secondary N) is 1. The molecule has 1 nitrogen and oxygen atoms in total. The first-order valence-electron chi connectivity index (χ1n) is 3.21. The first-order chi connectivity index (χ1) is 3.85. The molecule has 0 spiro atoms. The van der Waals surface area contributed by atoms with Crippen molar-refractivity contribution in [2.45, 2.75) is 19.9 Å². The number of hydrogen-bond acceptors (Lipinski definition) is 1. The van der Waals surface area contributed by atoms with E-state index in [9.17, 15) is 0 Å². The monoisotopic (exact) mass is 129 g/mol. The molecule has 48 valence electrons. The van der Waals surface area contributed by atoms with Crippen LogP contribution in [-0.4, -0.2) is 15.5 Å². The van der Waals surface area contributed by atoms with Gasteiger partial charge >= 0.3 is 0 Å². The average molecular weight is 129 g/mol. The fourth-order valence-corrected chi connectivity index (χ4v) is 1.97. The molecule has 0 aliphatic heterocycles. The van der Waals surface area contributed by atoms with Crippen LogP contribution >= 0.6 is 0 Å². The van der Waals surface area contributed by atoms with Gasteiger partial charge < -0.3 is 4.98 Å². The second kappa shape index (κ2) is 5.06. The number of rotatable bonds is 4. The molecular formula is C6H15NSi. The Morgan fingerprint density at radius 3 is 2.38 bits per heavy atom. The van der Waals surface area contributed by atoms with E-state index in [1.807, 2.05) is 0 Å². The molecule has 0 saturated carbocycles. The quantitative estimate of drug-likeness (QED) is 0.560. The molecule has 0 heterocycles. The van der Waals surface area contributed by atoms with Crippen molar-refractivity contribution in [3.05, 3.63) is 12.3 Å². The average Bonchev–Trinajstić information content (AvgIpc) is 1.83. The van der Waals surface area contributed by atoms with E-state index >= 15 is 0 Å². The maximum Gasteiger partial charge on any atom is 0.132 e. The first kappa shape index (κ1) is 7.92. The van der Waals surface area contributed by atoms with Crippen LogP contribution in [0.1, 0.15) is 13.8 Å². The Morgan fingerprint density at radius 1 is 1.62 bits per heavy atom. The van der Waals surface area contributed by atoms with E-state index in [0.29, 0.717) is 0 Å². The molecule has 2 heteroatoms. The molecule has 0 saturated heterocycles. The van der Waals surface area contributed by atoms with Crippen molar-refractivity contribution < 1.29 is 0 Å². The van der Waals surface area contributed by atoms with Gasteiger partial charge in [-0.15, -0.1) is 6.58 Å². The minimum Gasteiger partial charge on any atom is -0.337 e. The molecule has 0 aromatic heterocycles. The van der Waals surface area contributed by atoms with Crippen molar-refractivity contribution >= 4 is 8.96 Å². The van der Waals surface area contributed by atoms with Crippen LogP contribution < -0.4 is 4.98 Å². The second-order valence-electron chi connectivity index (χ2n) is 1.81. The van der Waals surface area contributed by atoms with Crippen LogP contribution in [-0.2, 0) is 0 Å². The fraction of sp³-hybridized carbons (Fsp3) is 0.667. The number of hydrogen-bond donors (Lipinski definition) is 1. The maximum absolute atomic E-state index is 3.75. The van der Waals surface area contributed by atoms with Gasteiger partial charge in [-0.2, -0.15) is 0 Å². The third-order valence-electron chi connectivity index (χ3n) is 1.19. The predicted octanol–water partition coefficient (Wildman–Crippen LogP) is 1.06. The molecule has 0 amide bonds. The topological polar surface area (TPSA) is 12.0 Å². The summed E-state index contributed by atoms with van der Waals surface area (Å²) in [5, 5.41) is 0. The molecular weight excluding hydrogens is 114 g/mol. The Hall–Kier alpha value is -0.0831. The van der Waals surface area contributed by atoms with E-state index in [1.165, 1.54) is 6.04 Å². The lowest BCUT2D eigenvalue weighted by molar-refractivity contribution is 0.982. The van der Waals surface area contributed by atoms with Crippen molar-refractivity contribution in [2.24, 2.45) is 0 Å². The van der Waals surface area contributed by atoms with E-state index in [2.05, 4.69) is 31.1 Å². The van der Waals surface area contributed by atoms with Crippen LogP contribution in [0.5, 0.6) is 0 Å². The highest BCUT2D eigenvalue weighted by molar-refractivity contribution is 6.61. The summed E-state index contributed by atoms with van der Waals surface area (Å²) in [6.45, 7) is 9.19. The Bertz CT molecular complexity index is 63.5. The van der Waals surface area contributed by atoms with Gasteiger partial charge in [-0.1, -0.05) is 19.5 Å². The third kappa shape index (κ3) is 2.99. The highest BCUT2D eigenvalue weighted by Crippen LogP contribution is 1.84. The van der Waals surface area contributed by atoms with Gasteiger partial charge in [0.2, 0.25) is 0 Å². The molecule has 1 unspecified atom stereocenters. The molecule has 8 heavy (non-hydrogen) atoms. The first-order valence-corrected chi connectivity index (χ1v) is 5.27. The summed E-state index contributed by atoms with van der Waals surface area (Å²) in [5.74, 6) is 0. The van der Waals surface area contributed by atoms with E-state index in [-0.39, 0.29) is 0 Å². The molecule has 0 rings (SSSR count). The summed E-state index contributed by atoms with van der Waals surface area (Å²) in [7, 11) is -0.678. The van der Waals surface area contributed by atoms with Gasteiger partial charge in [0, 0.05) is 0 Å². The Balaban J connectivity index is 3.21. The zero-order valence-corrected chi connectivity index (χ0v) is 6.93. The lowest BCUT2D eigenvalue weighted by Crippen LogP contribution is -2.30. The summed E-state index contributed by atoms with van der Waals surface area (Å²) in [5.41, 5.74) is 2.09. The smallest absolute Gasteiger partial charge is 0.132 e. The van der Waals surface area contributed by atoms with Crippen LogP contribution in [0.4, 0.5) is 0 Å². The summed E-state index contributed by atoms with van der Waals surface area (Å²) < 4.78 is 0. The Labute approximate surface area is 53.5 Å². The largest absolute Gasteiger partial charge is 0.337 e.